The van der Waals surface area contributed by atoms with E-state index >= 15 is 0 Å². The zero-order valence-corrected chi connectivity index (χ0v) is 77.2. The van der Waals surface area contributed by atoms with Gasteiger partial charge in [0.15, 0.2) is 0 Å². The summed E-state index contributed by atoms with van der Waals surface area (Å²) < 4.78 is 0. The minimum atomic E-state index is -0.616. The van der Waals surface area contributed by atoms with E-state index in [1.54, 1.807) is 13.8 Å². The number of aliphatic hydroxyl groups is 1. The fraction of sp³-hybridized carbons (Fsp3) is 0.874. The number of amidine groups is 11. The molecular weight excluding hydrogens is 1370 g/mol. The Morgan fingerprint density at radius 3 is 1.03 bits per heavy atom. The Labute approximate surface area is 681 Å². The first-order valence-electron chi connectivity index (χ1n) is 42.7. The average Bonchev–Trinajstić information content (AvgIpc) is 0.934. The van der Waals surface area contributed by atoms with Gasteiger partial charge in [-0.2, -0.15) is 0 Å². The van der Waals surface area contributed by atoms with Gasteiger partial charge < -0.3 is 68.2 Å². The van der Waals surface area contributed by atoms with E-state index in [1.807, 2.05) is 0 Å². The standard InChI is InChI=1S/10C8H18N2.C7H16N2O/c1-6(2)4-7(3)5-8(9)10;1-6(2)7(3)4-5-8(9)10;1-7(2)5-3-4-6-8(9)10;1-4-8(2,3)6-5-7(9)10;1-4-6(2)7(3)5-8(9)10;1-4-5-8(2,3)6-7(9)10;1-3-7(2)5-4-6-8(9)10;1-3-4-7(2)5-6-8(9)10;1-3-4-5-7(2)6-8(9)10;1-2-3-4-5-6-7-8(9)10;1-7(2,10)5-3-4-6(8)9/h2*6-7H,4-5H2,1-3H3,(H3,9,10);7H,3-6H2,1-2H3,(H3,9,10);4-6H2,1-3H3,(H3,9,10);6-7H,4-5H2,1-3H3,(H3,9,10);4-6H2,1-3H3,(H3,9,10);3*7H,3-6H2,1-2H3,(H3,9,10);2-7H2,1H3,(H3,9,10);10H,3-5H2,1-2H3,(H3,8,9). The lowest BCUT2D eigenvalue weighted by Crippen LogP contribution is -2.21. The van der Waals surface area contributed by atoms with Gasteiger partial charge in [0, 0.05) is 70.6 Å². The van der Waals surface area contributed by atoms with Crippen molar-refractivity contribution in [2.45, 2.75) is 423 Å². The second-order valence-corrected chi connectivity index (χ2v) is 34.9. The second kappa shape index (κ2) is 85.6. The number of rotatable bonds is 50. The summed E-state index contributed by atoms with van der Waals surface area (Å²) >= 11 is 0. The van der Waals surface area contributed by atoms with Crippen molar-refractivity contribution in [1.29, 1.82) is 59.5 Å². The molecule has 0 fully saturated rings. The molecule has 0 aromatic rings. The minimum absolute atomic E-state index is 0.198. The van der Waals surface area contributed by atoms with Gasteiger partial charge in [-0.3, -0.25) is 59.5 Å². The van der Waals surface area contributed by atoms with E-state index in [4.69, 9.17) is 123 Å². The van der Waals surface area contributed by atoms with Crippen LogP contribution in [0.4, 0.5) is 0 Å². The fourth-order valence-corrected chi connectivity index (χ4v) is 10.3. The molecule has 23 heteroatoms. The molecular formula is C87H196N22O. The van der Waals surface area contributed by atoms with Crippen LogP contribution in [0, 0.1) is 130 Å². The van der Waals surface area contributed by atoms with Gasteiger partial charge in [0.25, 0.3) is 0 Å². The van der Waals surface area contributed by atoms with Crippen LogP contribution < -0.4 is 63.1 Å². The van der Waals surface area contributed by atoms with Crippen LogP contribution in [0.1, 0.15) is 418 Å². The number of nitrogens with two attached hydrogens (primary N) is 11. The molecule has 0 aromatic heterocycles. The van der Waals surface area contributed by atoms with Gasteiger partial charge in [0.1, 0.15) is 0 Å². The summed E-state index contributed by atoms with van der Waals surface area (Å²) in [5.74, 6) is 10.2. The average molecular weight is 1570 g/mol. The third-order valence-electron chi connectivity index (χ3n) is 18.6. The molecule has 7 atom stereocenters. The van der Waals surface area contributed by atoms with Crippen molar-refractivity contribution in [3.8, 4) is 0 Å². The summed E-state index contributed by atoms with van der Waals surface area (Å²) in [5.41, 5.74) is 57.4. The van der Waals surface area contributed by atoms with E-state index in [0.29, 0.717) is 118 Å². The van der Waals surface area contributed by atoms with E-state index in [0.717, 1.165) is 140 Å². The monoisotopic (exact) mass is 1570 g/mol. The molecule has 0 amide bonds. The van der Waals surface area contributed by atoms with Crippen molar-refractivity contribution in [3.63, 3.8) is 0 Å². The van der Waals surface area contributed by atoms with Gasteiger partial charge in [-0.25, -0.2) is 0 Å². The highest BCUT2D eigenvalue weighted by Gasteiger charge is 2.18. The maximum Gasteiger partial charge on any atom is 0.0910 e. The van der Waals surface area contributed by atoms with Crippen LogP contribution in [0.5, 0.6) is 0 Å². The molecule has 660 valence electrons. The van der Waals surface area contributed by atoms with E-state index in [9.17, 15) is 5.11 Å². The zero-order chi connectivity index (χ0) is 88.8. The smallest absolute Gasteiger partial charge is 0.0910 e. The maximum atomic E-state index is 9.22. The highest BCUT2D eigenvalue weighted by atomic mass is 16.3. The molecule has 34 N–H and O–H groups in total. The number of unbranched alkanes of at least 4 members (excludes halogenated alkanes) is 6. The lowest BCUT2D eigenvalue weighted by molar-refractivity contribution is 0.0694. The van der Waals surface area contributed by atoms with Crippen LogP contribution in [0.15, 0.2) is 0 Å². The third kappa shape index (κ3) is 148. The zero-order valence-electron chi connectivity index (χ0n) is 77.2. The van der Waals surface area contributed by atoms with Crippen LogP contribution in [-0.2, 0) is 0 Å². The molecule has 110 heavy (non-hydrogen) atoms. The lowest BCUT2D eigenvalue weighted by atomic mass is 9.84. The molecule has 0 rings (SSSR count). The Bertz CT molecular complexity index is 2210. The highest BCUT2D eigenvalue weighted by molar-refractivity contribution is 5.80. The van der Waals surface area contributed by atoms with Crippen LogP contribution in [0.2, 0.25) is 0 Å². The summed E-state index contributed by atoms with van der Waals surface area (Å²) in [6, 6.07) is 0. The summed E-state index contributed by atoms with van der Waals surface area (Å²) in [5, 5.41) is 86.3. The van der Waals surface area contributed by atoms with E-state index in [-0.39, 0.29) is 11.3 Å². The molecule has 0 saturated heterocycles. The molecule has 0 spiro atoms. The molecule has 0 bridgehead atoms. The maximum absolute atomic E-state index is 9.22. The first kappa shape index (κ1) is 128. The van der Waals surface area contributed by atoms with Gasteiger partial charge >= 0.3 is 0 Å². The van der Waals surface area contributed by atoms with Crippen molar-refractivity contribution >= 4 is 64.2 Å². The number of hydrogen-bond donors (Lipinski definition) is 23. The SMILES string of the molecule is CC(C)(O)CCCC(=N)N.CC(C)C(C)CCC(=N)N.CC(C)CC(C)CC(=N)N.CC(C)CCCCC(=N)N.CCC(C)(C)CCC(=N)N.CCC(C)C(C)CC(=N)N.CCC(C)CCCC(=N)N.CCCC(C)(C)CC(=N)N.CCCC(C)CCC(=N)N.CCCCC(C)CC(=N)N.CCCCCCCC(=N)N. The summed E-state index contributed by atoms with van der Waals surface area (Å²) in [6.07, 6.45) is 38.0. The Morgan fingerprint density at radius 1 is 0.282 bits per heavy atom. The summed E-state index contributed by atoms with van der Waals surface area (Å²) in [4.78, 5) is 0. The molecule has 0 saturated carbocycles. The molecule has 0 aliphatic carbocycles. The quantitative estimate of drug-likeness (QED) is 0.0154. The predicted molar refractivity (Wildman–Crippen MR) is 494 cm³/mol. The molecule has 0 aromatic carbocycles. The van der Waals surface area contributed by atoms with Gasteiger partial charge in [0.05, 0.1) is 69.8 Å². The second-order valence-electron chi connectivity index (χ2n) is 34.9. The third-order valence-corrected chi connectivity index (χ3v) is 18.6. The van der Waals surface area contributed by atoms with Crippen LogP contribution in [0.3, 0.4) is 0 Å². The van der Waals surface area contributed by atoms with E-state index < -0.39 is 5.60 Å². The molecule has 0 heterocycles. The number of nitrogens with one attached hydrogen (secondary N) is 11. The summed E-state index contributed by atoms with van der Waals surface area (Å²) in [6.45, 7) is 56.0. The van der Waals surface area contributed by atoms with Crippen LogP contribution in [-0.4, -0.2) is 74.9 Å². The number of hydrogen-bond acceptors (Lipinski definition) is 12. The fourth-order valence-electron chi connectivity index (χ4n) is 10.3. The Hall–Kier alpha value is -5.87. The van der Waals surface area contributed by atoms with E-state index in [2.05, 4.69) is 166 Å². The predicted octanol–water partition coefficient (Wildman–Crippen LogP) is 22.0. The molecule has 0 aliphatic rings. The topological polar surface area (TPSA) is 569 Å². The normalized spacial score (nSPS) is 12.5. The van der Waals surface area contributed by atoms with Crippen molar-refractivity contribution in [2.24, 2.45) is 133 Å². The van der Waals surface area contributed by atoms with Crippen molar-refractivity contribution in [2.75, 3.05) is 0 Å². The van der Waals surface area contributed by atoms with Crippen LogP contribution >= 0.6 is 0 Å². The Kier molecular flexibility index (Phi) is 99.3. The largest absolute Gasteiger partial charge is 0.390 e. The lowest BCUT2D eigenvalue weighted by Gasteiger charge is -2.22. The Balaban J connectivity index is -0.000000109. The first-order valence-corrected chi connectivity index (χ1v) is 42.7. The highest BCUT2D eigenvalue weighted by Crippen LogP contribution is 2.27. The van der Waals surface area contributed by atoms with Gasteiger partial charge in [0.2, 0.25) is 0 Å². The van der Waals surface area contributed by atoms with Gasteiger partial charge in [-0.1, -0.05) is 269 Å². The van der Waals surface area contributed by atoms with E-state index in [1.165, 1.54) is 103 Å². The summed E-state index contributed by atoms with van der Waals surface area (Å²) in [7, 11) is 0. The Morgan fingerprint density at radius 2 is 0.682 bits per heavy atom. The van der Waals surface area contributed by atoms with Crippen molar-refractivity contribution < 1.29 is 5.11 Å². The minimum Gasteiger partial charge on any atom is -0.390 e. The van der Waals surface area contributed by atoms with Crippen molar-refractivity contribution in [1.82, 2.24) is 0 Å². The molecule has 7 unspecified atom stereocenters. The van der Waals surface area contributed by atoms with Gasteiger partial charge in [-0.15, -0.1) is 0 Å². The molecule has 0 radical (unpaired) electrons. The molecule has 0 aliphatic heterocycles. The van der Waals surface area contributed by atoms with Gasteiger partial charge in [-0.05, 0) is 148 Å². The molecule has 23 nitrogen and oxygen atoms in total. The van der Waals surface area contributed by atoms with Crippen molar-refractivity contribution in [3.05, 3.63) is 0 Å². The van der Waals surface area contributed by atoms with Crippen LogP contribution in [0.25, 0.3) is 0 Å². The first-order chi connectivity index (χ1) is 50.4.